The molecule has 0 radical (unpaired) electrons. The van der Waals surface area contributed by atoms with Crippen LogP contribution >= 0.6 is 24.0 Å². The van der Waals surface area contributed by atoms with E-state index in [0.29, 0.717) is 37.9 Å². The van der Waals surface area contributed by atoms with Gasteiger partial charge >= 0.3 is 6.18 Å². The quantitative estimate of drug-likeness (QED) is 0.208. The van der Waals surface area contributed by atoms with E-state index in [2.05, 4.69) is 20.6 Å². The summed E-state index contributed by atoms with van der Waals surface area (Å²) in [7, 11) is 3.22. The van der Waals surface area contributed by atoms with Gasteiger partial charge in [0.15, 0.2) is 12.6 Å². The first kappa shape index (κ1) is 25.7. The van der Waals surface area contributed by atoms with Crippen molar-refractivity contribution in [1.82, 2.24) is 15.6 Å². The number of alkyl halides is 3. The molecule has 1 aromatic heterocycles. The molecule has 7 nitrogen and oxygen atoms in total. The summed E-state index contributed by atoms with van der Waals surface area (Å²) < 4.78 is 51.9. The topological polar surface area (TPSA) is 77.0 Å². The van der Waals surface area contributed by atoms with Gasteiger partial charge in [-0.05, 0) is 12.5 Å². The van der Waals surface area contributed by atoms with Crippen LogP contribution in [0.25, 0.3) is 0 Å². The van der Waals surface area contributed by atoms with E-state index < -0.39 is 12.8 Å². The molecular formula is C16H26F3IN4O3. The van der Waals surface area contributed by atoms with E-state index in [1.165, 1.54) is 6.20 Å². The third-order valence-electron chi connectivity index (χ3n) is 3.08. The fourth-order valence-corrected chi connectivity index (χ4v) is 1.86. The Balaban J connectivity index is 0.00000676. The van der Waals surface area contributed by atoms with Crippen molar-refractivity contribution >= 4 is 29.9 Å². The Kier molecular flexibility index (Phi) is 14.0. The molecule has 0 aromatic carbocycles. The van der Waals surface area contributed by atoms with Gasteiger partial charge in [-0.3, -0.25) is 4.99 Å². The smallest absolute Gasteiger partial charge is 0.422 e. The standard InChI is InChI=1S/C16H25F3N4O3.HI/c1-20-15(22-7-4-8-25-10-9-24-2)23-11-13-5-3-6-21-14(13)26-12-16(17,18)19;/h3,5-6H,4,7-12H2,1-2H3,(H2,20,22,23);1H. The van der Waals surface area contributed by atoms with Crippen LogP contribution in [0.3, 0.4) is 0 Å². The zero-order valence-corrected chi connectivity index (χ0v) is 17.7. The number of methoxy groups -OCH3 is 1. The van der Waals surface area contributed by atoms with E-state index in [1.807, 2.05) is 0 Å². The summed E-state index contributed by atoms with van der Waals surface area (Å²) >= 11 is 0. The van der Waals surface area contributed by atoms with Crippen molar-refractivity contribution in [3.8, 4) is 5.88 Å². The van der Waals surface area contributed by atoms with Crippen LogP contribution in [0.1, 0.15) is 12.0 Å². The monoisotopic (exact) mass is 506 g/mol. The predicted molar refractivity (Wildman–Crippen MR) is 107 cm³/mol. The molecule has 0 bridgehead atoms. The van der Waals surface area contributed by atoms with Crippen LogP contribution in [0, 0.1) is 0 Å². The number of ether oxygens (including phenoxy) is 3. The third kappa shape index (κ3) is 12.6. The van der Waals surface area contributed by atoms with Gasteiger partial charge in [0.2, 0.25) is 5.88 Å². The minimum Gasteiger partial charge on any atom is -0.468 e. The van der Waals surface area contributed by atoms with Crippen LogP contribution in [0.5, 0.6) is 5.88 Å². The van der Waals surface area contributed by atoms with E-state index in [0.717, 1.165) is 6.42 Å². The average Bonchev–Trinajstić information content (AvgIpc) is 2.61. The number of aliphatic imine (C=N–C) groups is 1. The largest absolute Gasteiger partial charge is 0.468 e. The molecule has 0 aliphatic rings. The normalized spacial score (nSPS) is 11.7. The van der Waals surface area contributed by atoms with Crippen LogP contribution < -0.4 is 15.4 Å². The van der Waals surface area contributed by atoms with Gasteiger partial charge in [-0.25, -0.2) is 4.98 Å². The first-order valence-corrected chi connectivity index (χ1v) is 8.11. The van der Waals surface area contributed by atoms with Crippen LogP contribution in [0.2, 0.25) is 0 Å². The predicted octanol–water partition coefficient (Wildman–Crippen LogP) is 2.36. The van der Waals surface area contributed by atoms with Crippen LogP contribution in [0.15, 0.2) is 23.3 Å². The van der Waals surface area contributed by atoms with Crippen LogP contribution in [-0.4, -0.2) is 64.2 Å². The second-order valence-electron chi connectivity index (χ2n) is 5.18. The third-order valence-corrected chi connectivity index (χ3v) is 3.08. The Bertz CT molecular complexity index is 548. The zero-order chi connectivity index (χ0) is 19.3. The Morgan fingerprint density at radius 3 is 2.67 bits per heavy atom. The SMILES string of the molecule is CN=C(NCCCOCCOC)NCc1cccnc1OCC(F)(F)F.I. The van der Waals surface area contributed by atoms with Crippen LogP contribution in [0.4, 0.5) is 13.2 Å². The average molecular weight is 506 g/mol. The molecule has 0 spiro atoms. The maximum Gasteiger partial charge on any atom is 0.422 e. The number of aromatic nitrogens is 1. The minimum absolute atomic E-state index is 0. The molecule has 1 rings (SSSR count). The first-order chi connectivity index (χ1) is 12.5. The number of halogens is 4. The molecule has 0 amide bonds. The fraction of sp³-hybridized carbons (Fsp3) is 0.625. The lowest BCUT2D eigenvalue weighted by Crippen LogP contribution is -2.37. The van der Waals surface area contributed by atoms with Gasteiger partial charge in [0, 0.05) is 45.6 Å². The van der Waals surface area contributed by atoms with E-state index in [1.54, 1.807) is 26.3 Å². The number of pyridine rings is 1. The van der Waals surface area contributed by atoms with E-state index in [9.17, 15) is 13.2 Å². The highest BCUT2D eigenvalue weighted by atomic mass is 127. The molecule has 0 aliphatic heterocycles. The number of nitrogens with zero attached hydrogens (tertiary/aromatic N) is 2. The van der Waals surface area contributed by atoms with Crippen molar-refractivity contribution in [2.45, 2.75) is 19.1 Å². The van der Waals surface area contributed by atoms with Gasteiger partial charge in [0.05, 0.1) is 13.2 Å². The van der Waals surface area contributed by atoms with Crippen molar-refractivity contribution in [3.63, 3.8) is 0 Å². The van der Waals surface area contributed by atoms with Gasteiger partial charge in [-0.1, -0.05) is 6.07 Å². The summed E-state index contributed by atoms with van der Waals surface area (Å²) in [4.78, 5) is 7.90. The molecule has 27 heavy (non-hydrogen) atoms. The Morgan fingerprint density at radius 2 is 2.00 bits per heavy atom. The van der Waals surface area contributed by atoms with E-state index in [4.69, 9.17) is 14.2 Å². The van der Waals surface area contributed by atoms with E-state index in [-0.39, 0.29) is 36.4 Å². The molecular weight excluding hydrogens is 480 g/mol. The van der Waals surface area contributed by atoms with Crippen LogP contribution in [-0.2, 0) is 16.0 Å². The number of hydrogen-bond acceptors (Lipinski definition) is 5. The maximum atomic E-state index is 12.3. The lowest BCUT2D eigenvalue weighted by atomic mass is 10.2. The van der Waals surface area contributed by atoms with Gasteiger partial charge in [0.25, 0.3) is 0 Å². The summed E-state index contributed by atoms with van der Waals surface area (Å²) in [6.45, 7) is 1.17. The van der Waals surface area contributed by atoms with Crippen molar-refractivity contribution in [3.05, 3.63) is 23.9 Å². The second kappa shape index (κ2) is 14.7. The maximum absolute atomic E-state index is 12.3. The van der Waals surface area contributed by atoms with E-state index >= 15 is 0 Å². The summed E-state index contributed by atoms with van der Waals surface area (Å²) in [5.74, 6) is 0.465. The fourth-order valence-electron chi connectivity index (χ4n) is 1.86. The molecule has 1 heterocycles. The molecule has 0 saturated carbocycles. The zero-order valence-electron chi connectivity index (χ0n) is 15.3. The molecule has 11 heteroatoms. The number of rotatable bonds is 11. The van der Waals surface area contributed by atoms with Crippen molar-refractivity contribution in [1.29, 1.82) is 0 Å². The molecule has 1 aromatic rings. The summed E-state index contributed by atoms with van der Waals surface area (Å²) in [6.07, 6.45) is -2.26. The lowest BCUT2D eigenvalue weighted by Gasteiger charge is -2.14. The number of hydrogen-bond donors (Lipinski definition) is 2. The van der Waals surface area contributed by atoms with Gasteiger partial charge in [-0.2, -0.15) is 13.2 Å². The number of guanidine groups is 1. The highest BCUT2D eigenvalue weighted by molar-refractivity contribution is 14.0. The Hall–Kier alpha value is -1.34. The summed E-state index contributed by atoms with van der Waals surface area (Å²) in [5.41, 5.74) is 0.502. The van der Waals surface area contributed by atoms with Gasteiger partial charge in [-0.15, -0.1) is 24.0 Å². The highest BCUT2D eigenvalue weighted by Gasteiger charge is 2.29. The molecule has 2 N–H and O–H groups in total. The first-order valence-electron chi connectivity index (χ1n) is 8.11. The molecule has 0 atom stereocenters. The second-order valence-corrected chi connectivity index (χ2v) is 5.18. The Morgan fingerprint density at radius 1 is 1.22 bits per heavy atom. The van der Waals surface area contributed by atoms with Crippen molar-refractivity contribution in [2.75, 3.05) is 47.1 Å². The minimum atomic E-state index is -4.41. The lowest BCUT2D eigenvalue weighted by molar-refractivity contribution is -0.154. The molecule has 0 unspecified atom stereocenters. The Labute approximate surface area is 174 Å². The van der Waals surface area contributed by atoms with Crippen molar-refractivity contribution < 1.29 is 27.4 Å². The van der Waals surface area contributed by atoms with Crippen molar-refractivity contribution in [2.24, 2.45) is 4.99 Å². The van der Waals surface area contributed by atoms with Gasteiger partial charge in [0.1, 0.15) is 0 Å². The number of nitrogens with one attached hydrogen (secondary N) is 2. The molecule has 0 fully saturated rings. The summed E-state index contributed by atoms with van der Waals surface area (Å²) in [6, 6.07) is 3.27. The van der Waals surface area contributed by atoms with Gasteiger partial charge < -0.3 is 24.8 Å². The summed E-state index contributed by atoms with van der Waals surface area (Å²) in [5, 5.41) is 6.10. The molecule has 0 saturated heterocycles. The molecule has 156 valence electrons. The molecule has 0 aliphatic carbocycles. The highest BCUT2D eigenvalue weighted by Crippen LogP contribution is 2.19.